The summed E-state index contributed by atoms with van der Waals surface area (Å²) in [6.07, 6.45) is 3.20. The standard InChI is InChI=1S/C10H17N3O2/c1-4-14-7-8(2)15-10-6-12-5-9(11-3)13-10/h5-6,8H,4,7H2,1-3H3,(H,11,13). The molecule has 1 unspecified atom stereocenters. The molecule has 1 aromatic rings. The van der Waals surface area contributed by atoms with Crippen LogP contribution in [0, 0.1) is 0 Å². The van der Waals surface area contributed by atoms with E-state index in [1.165, 1.54) is 0 Å². The maximum Gasteiger partial charge on any atom is 0.234 e. The first kappa shape index (κ1) is 11.7. The Labute approximate surface area is 89.8 Å². The van der Waals surface area contributed by atoms with Crippen molar-refractivity contribution < 1.29 is 9.47 Å². The third kappa shape index (κ3) is 4.12. The number of nitrogens with one attached hydrogen (secondary N) is 1. The second kappa shape index (κ2) is 6.19. The molecule has 0 spiro atoms. The molecule has 0 aliphatic heterocycles. The zero-order valence-electron chi connectivity index (χ0n) is 9.36. The van der Waals surface area contributed by atoms with E-state index in [2.05, 4.69) is 15.3 Å². The van der Waals surface area contributed by atoms with E-state index in [-0.39, 0.29) is 6.10 Å². The lowest BCUT2D eigenvalue weighted by Crippen LogP contribution is -2.19. The lowest BCUT2D eigenvalue weighted by Gasteiger charge is -2.13. The predicted octanol–water partition coefficient (Wildman–Crippen LogP) is 1.32. The molecular formula is C10H17N3O2. The van der Waals surface area contributed by atoms with E-state index in [0.717, 1.165) is 0 Å². The number of anilines is 1. The number of aromatic nitrogens is 2. The second-order valence-electron chi connectivity index (χ2n) is 3.08. The molecule has 1 rings (SSSR count). The Hall–Kier alpha value is -1.36. The molecule has 1 aromatic heterocycles. The van der Waals surface area contributed by atoms with E-state index in [4.69, 9.17) is 9.47 Å². The first-order valence-corrected chi connectivity index (χ1v) is 5.00. The first-order chi connectivity index (χ1) is 7.26. The summed E-state index contributed by atoms with van der Waals surface area (Å²) in [5.41, 5.74) is 0. The van der Waals surface area contributed by atoms with Crippen LogP contribution in [0.5, 0.6) is 5.88 Å². The first-order valence-electron chi connectivity index (χ1n) is 5.00. The average Bonchev–Trinajstić information content (AvgIpc) is 2.26. The quantitative estimate of drug-likeness (QED) is 0.769. The smallest absolute Gasteiger partial charge is 0.234 e. The van der Waals surface area contributed by atoms with E-state index < -0.39 is 0 Å². The zero-order valence-corrected chi connectivity index (χ0v) is 9.36. The van der Waals surface area contributed by atoms with Crippen molar-refractivity contribution in [2.24, 2.45) is 0 Å². The highest BCUT2D eigenvalue weighted by atomic mass is 16.5. The van der Waals surface area contributed by atoms with Crippen LogP contribution in [0.2, 0.25) is 0 Å². The maximum absolute atomic E-state index is 5.52. The fourth-order valence-electron chi connectivity index (χ4n) is 1.05. The van der Waals surface area contributed by atoms with Crippen molar-refractivity contribution >= 4 is 5.82 Å². The van der Waals surface area contributed by atoms with Gasteiger partial charge in [0.15, 0.2) is 0 Å². The van der Waals surface area contributed by atoms with Crippen LogP contribution in [-0.2, 0) is 4.74 Å². The Balaban J connectivity index is 2.48. The normalized spacial score (nSPS) is 12.2. The van der Waals surface area contributed by atoms with Crippen molar-refractivity contribution in [2.45, 2.75) is 20.0 Å². The summed E-state index contributed by atoms with van der Waals surface area (Å²) in [5, 5.41) is 2.90. The Morgan fingerprint density at radius 1 is 1.47 bits per heavy atom. The molecule has 84 valence electrons. The largest absolute Gasteiger partial charge is 0.471 e. The highest BCUT2D eigenvalue weighted by Crippen LogP contribution is 2.10. The second-order valence-corrected chi connectivity index (χ2v) is 3.08. The van der Waals surface area contributed by atoms with Crippen molar-refractivity contribution in [1.29, 1.82) is 0 Å². The van der Waals surface area contributed by atoms with Gasteiger partial charge < -0.3 is 14.8 Å². The number of ether oxygens (including phenoxy) is 2. The minimum Gasteiger partial charge on any atom is -0.471 e. The van der Waals surface area contributed by atoms with Gasteiger partial charge in [0.05, 0.1) is 19.0 Å². The molecule has 1 atom stereocenters. The van der Waals surface area contributed by atoms with Gasteiger partial charge in [0.25, 0.3) is 0 Å². The summed E-state index contributed by atoms with van der Waals surface area (Å²) in [5.74, 6) is 1.20. The third-order valence-electron chi connectivity index (χ3n) is 1.75. The number of hydrogen-bond donors (Lipinski definition) is 1. The van der Waals surface area contributed by atoms with Crippen LogP contribution in [0.3, 0.4) is 0 Å². The molecule has 0 amide bonds. The van der Waals surface area contributed by atoms with Crippen molar-refractivity contribution in [3.05, 3.63) is 12.4 Å². The Kier molecular flexibility index (Phi) is 4.83. The third-order valence-corrected chi connectivity index (χ3v) is 1.75. The van der Waals surface area contributed by atoms with Gasteiger partial charge in [-0.15, -0.1) is 0 Å². The molecule has 1 heterocycles. The van der Waals surface area contributed by atoms with Crippen LogP contribution >= 0.6 is 0 Å². The summed E-state index contributed by atoms with van der Waals surface area (Å²) in [6.45, 7) is 5.13. The summed E-state index contributed by atoms with van der Waals surface area (Å²) in [6, 6.07) is 0. The number of rotatable bonds is 6. The zero-order chi connectivity index (χ0) is 11.1. The van der Waals surface area contributed by atoms with E-state index in [9.17, 15) is 0 Å². The van der Waals surface area contributed by atoms with E-state index >= 15 is 0 Å². The molecule has 0 aliphatic carbocycles. The molecule has 0 aliphatic rings. The average molecular weight is 211 g/mol. The van der Waals surface area contributed by atoms with Gasteiger partial charge in [0.2, 0.25) is 5.88 Å². The molecule has 0 radical (unpaired) electrons. The molecule has 5 nitrogen and oxygen atoms in total. The van der Waals surface area contributed by atoms with Gasteiger partial charge in [-0.3, -0.25) is 4.98 Å². The van der Waals surface area contributed by atoms with E-state index in [1.54, 1.807) is 19.4 Å². The van der Waals surface area contributed by atoms with Crippen LogP contribution in [0.15, 0.2) is 12.4 Å². The van der Waals surface area contributed by atoms with Crippen molar-refractivity contribution in [1.82, 2.24) is 9.97 Å². The lowest BCUT2D eigenvalue weighted by molar-refractivity contribution is 0.0632. The van der Waals surface area contributed by atoms with E-state index in [1.807, 2.05) is 13.8 Å². The minimum absolute atomic E-state index is 0.0219. The van der Waals surface area contributed by atoms with Gasteiger partial charge in [-0.2, -0.15) is 4.98 Å². The Bertz CT molecular complexity index is 294. The maximum atomic E-state index is 5.52. The summed E-state index contributed by atoms with van der Waals surface area (Å²) in [7, 11) is 1.79. The molecule has 0 saturated carbocycles. The van der Waals surface area contributed by atoms with Gasteiger partial charge in [-0.1, -0.05) is 0 Å². The molecule has 0 aromatic carbocycles. The molecule has 1 N–H and O–H groups in total. The summed E-state index contributed by atoms with van der Waals surface area (Å²) >= 11 is 0. The van der Waals surface area contributed by atoms with Crippen molar-refractivity contribution in [3.63, 3.8) is 0 Å². The molecule has 0 fully saturated rings. The van der Waals surface area contributed by atoms with Crippen molar-refractivity contribution in [3.8, 4) is 5.88 Å². The summed E-state index contributed by atoms with van der Waals surface area (Å²) in [4.78, 5) is 8.19. The monoisotopic (exact) mass is 211 g/mol. The summed E-state index contributed by atoms with van der Waals surface area (Å²) < 4.78 is 10.8. The van der Waals surface area contributed by atoms with Gasteiger partial charge in [0.1, 0.15) is 11.9 Å². The number of hydrogen-bond acceptors (Lipinski definition) is 5. The van der Waals surface area contributed by atoms with Crippen LogP contribution in [0.1, 0.15) is 13.8 Å². The van der Waals surface area contributed by atoms with Gasteiger partial charge in [-0.25, -0.2) is 0 Å². The molecule has 5 heteroatoms. The lowest BCUT2D eigenvalue weighted by atomic mass is 10.4. The van der Waals surface area contributed by atoms with Crippen LogP contribution in [0.25, 0.3) is 0 Å². The van der Waals surface area contributed by atoms with Crippen LogP contribution in [-0.4, -0.2) is 36.3 Å². The topological polar surface area (TPSA) is 56.3 Å². The van der Waals surface area contributed by atoms with Gasteiger partial charge in [0, 0.05) is 13.7 Å². The fourth-order valence-corrected chi connectivity index (χ4v) is 1.05. The molecule has 15 heavy (non-hydrogen) atoms. The highest BCUT2D eigenvalue weighted by Gasteiger charge is 2.05. The predicted molar refractivity (Wildman–Crippen MR) is 58.2 cm³/mol. The van der Waals surface area contributed by atoms with E-state index in [0.29, 0.717) is 24.9 Å². The van der Waals surface area contributed by atoms with Crippen LogP contribution < -0.4 is 10.1 Å². The molecule has 0 saturated heterocycles. The molecule has 0 bridgehead atoms. The Morgan fingerprint density at radius 2 is 2.27 bits per heavy atom. The van der Waals surface area contributed by atoms with Gasteiger partial charge >= 0.3 is 0 Å². The number of nitrogens with zero attached hydrogens (tertiary/aromatic N) is 2. The Morgan fingerprint density at radius 3 is 2.93 bits per heavy atom. The SMILES string of the molecule is CCOCC(C)Oc1cncc(NC)n1. The van der Waals surface area contributed by atoms with Gasteiger partial charge in [-0.05, 0) is 13.8 Å². The highest BCUT2D eigenvalue weighted by molar-refractivity contribution is 5.31. The minimum atomic E-state index is -0.0219. The fraction of sp³-hybridized carbons (Fsp3) is 0.600. The van der Waals surface area contributed by atoms with Crippen LogP contribution in [0.4, 0.5) is 5.82 Å². The molecular weight excluding hydrogens is 194 g/mol. The van der Waals surface area contributed by atoms with Crippen molar-refractivity contribution in [2.75, 3.05) is 25.6 Å².